The topological polar surface area (TPSA) is 150 Å². The number of hydrogen-bond acceptors (Lipinski definition) is 6. The van der Waals surface area contributed by atoms with Crippen molar-refractivity contribution in [1.82, 2.24) is 26.3 Å². The van der Waals surface area contributed by atoms with E-state index >= 15 is 0 Å². The summed E-state index contributed by atoms with van der Waals surface area (Å²) in [6, 6.07) is 20.6. The van der Waals surface area contributed by atoms with Gasteiger partial charge in [0.05, 0.1) is 25.1 Å². The summed E-state index contributed by atoms with van der Waals surface area (Å²) in [5.74, 6) is 0.000145. The number of terminal acetylenes is 1. The van der Waals surface area contributed by atoms with Gasteiger partial charge in [-0.1, -0.05) is 86.5 Å². The molecule has 4 atom stereocenters. The fourth-order valence-electron chi connectivity index (χ4n) is 4.58. The van der Waals surface area contributed by atoms with Gasteiger partial charge in [-0.15, -0.1) is 6.42 Å². The van der Waals surface area contributed by atoms with Crippen LogP contribution in [0.25, 0.3) is 0 Å². The Morgan fingerprint density at radius 1 is 0.818 bits per heavy atom. The van der Waals surface area contributed by atoms with Gasteiger partial charge < -0.3 is 26.4 Å². The van der Waals surface area contributed by atoms with Crippen molar-refractivity contribution in [1.29, 1.82) is 0 Å². The van der Waals surface area contributed by atoms with Crippen molar-refractivity contribution in [3.05, 3.63) is 102 Å². The highest BCUT2D eigenvalue weighted by Gasteiger charge is 2.31. The molecule has 1 heterocycles. The molecule has 0 unspecified atom stereocenters. The Hall–Kier alpha value is -5.01. The average Bonchev–Trinajstić information content (AvgIpc) is 3.02. The minimum absolute atomic E-state index is 0.00168. The highest BCUT2D eigenvalue weighted by atomic mass is 16.3. The summed E-state index contributed by atoms with van der Waals surface area (Å²) < 4.78 is 0. The van der Waals surface area contributed by atoms with Crippen molar-refractivity contribution in [2.75, 3.05) is 6.54 Å². The number of carbonyl (C=O) groups excluding carboxylic acids is 4. The lowest BCUT2D eigenvalue weighted by Gasteiger charge is -2.28. The SMILES string of the molecule is C#CCNC(=O)[C@@H](Cc1ccccc1)NC(=O)C[C@H](O)[C@H](Cc1ccccc1)NC(=O)[C@@H](NC(=O)c1ccccn1)C(C)C. The smallest absolute Gasteiger partial charge is 0.270 e. The van der Waals surface area contributed by atoms with Crippen LogP contribution in [0.1, 0.15) is 41.9 Å². The molecular weight excluding hydrogens is 558 g/mol. The lowest BCUT2D eigenvalue weighted by molar-refractivity contribution is -0.130. The second-order valence-corrected chi connectivity index (χ2v) is 10.7. The molecule has 0 fully saturated rings. The Bertz CT molecular complexity index is 1410. The third-order valence-corrected chi connectivity index (χ3v) is 6.92. The van der Waals surface area contributed by atoms with Crippen LogP contribution >= 0.6 is 0 Å². The molecule has 0 radical (unpaired) electrons. The number of benzene rings is 2. The first-order valence-electron chi connectivity index (χ1n) is 14.5. The Kier molecular flexibility index (Phi) is 13.1. The maximum atomic E-state index is 13.5. The van der Waals surface area contributed by atoms with Gasteiger partial charge in [-0.25, -0.2) is 0 Å². The molecule has 0 aliphatic carbocycles. The first-order chi connectivity index (χ1) is 21.2. The largest absolute Gasteiger partial charge is 0.390 e. The normalized spacial score (nSPS) is 13.4. The summed E-state index contributed by atoms with van der Waals surface area (Å²) in [5.41, 5.74) is 1.82. The predicted molar refractivity (Wildman–Crippen MR) is 167 cm³/mol. The van der Waals surface area contributed by atoms with E-state index in [1.807, 2.05) is 60.7 Å². The number of nitrogens with one attached hydrogen (secondary N) is 4. The first-order valence-corrected chi connectivity index (χ1v) is 14.5. The van der Waals surface area contributed by atoms with Gasteiger partial charge in [-0.3, -0.25) is 24.2 Å². The van der Waals surface area contributed by atoms with Crippen molar-refractivity contribution in [3.8, 4) is 12.3 Å². The van der Waals surface area contributed by atoms with E-state index in [1.54, 1.807) is 32.0 Å². The van der Waals surface area contributed by atoms with E-state index in [0.717, 1.165) is 11.1 Å². The molecule has 10 heteroatoms. The van der Waals surface area contributed by atoms with Gasteiger partial charge in [0.25, 0.3) is 5.91 Å². The van der Waals surface area contributed by atoms with Crippen molar-refractivity contribution >= 4 is 23.6 Å². The third-order valence-electron chi connectivity index (χ3n) is 6.92. The number of aromatic nitrogens is 1. The van der Waals surface area contributed by atoms with Crippen LogP contribution in [0.15, 0.2) is 85.1 Å². The number of aliphatic hydroxyl groups is 1. The van der Waals surface area contributed by atoms with Gasteiger partial charge in [-0.05, 0) is 35.6 Å². The molecule has 0 saturated carbocycles. The Labute approximate surface area is 258 Å². The zero-order valence-corrected chi connectivity index (χ0v) is 24.9. The number of aliphatic hydroxyl groups excluding tert-OH is 1. The molecule has 1 aromatic heterocycles. The van der Waals surface area contributed by atoms with Crippen molar-refractivity contribution in [2.24, 2.45) is 5.92 Å². The number of carbonyl (C=O) groups is 4. The molecule has 2 aromatic carbocycles. The molecule has 3 aromatic rings. The molecule has 10 nitrogen and oxygen atoms in total. The molecule has 0 aliphatic heterocycles. The van der Waals surface area contributed by atoms with E-state index in [2.05, 4.69) is 32.2 Å². The van der Waals surface area contributed by atoms with Crippen LogP contribution in [-0.4, -0.2) is 64.5 Å². The lowest BCUT2D eigenvalue weighted by atomic mass is 9.96. The molecule has 3 rings (SSSR count). The number of amides is 4. The standard InChI is InChI=1S/C34H39N5O5/c1-4-18-36-32(42)28(21-25-15-9-6-10-16-25)37-30(41)22-29(40)27(20-24-13-7-5-8-14-24)38-34(44)31(23(2)3)39-33(43)26-17-11-12-19-35-26/h1,5-17,19,23,27-29,31,40H,18,20-22H2,2-3H3,(H,36,42)(H,37,41)(H,38,44)(H,39,43)/t27-,28+,29-,31-/m0/s1. The van der Waals surface area contributed by atoms with Crippen LogP contribution in [0.3, 0.4) is 0 Å². The van der Waals surface area contributed by atoms with Crippen molar-refractivity contribution in [3.63, 3.8) is 0 Å². The molecule has 0 aliphatic rings. The Morgan fingerprint density at radius 2 is 1.43 bits per heavy atom. The minimum Gasteiger partial charge on any atom is -0.390 e. The molecule has 0 saturated heterocycles. The molecule has 5 N–H and O–H groups in total. The average molecular weight is 598 g/mol. The van der Waals surface area contributed by atoms with Crippen molar-refractivity contribution < 1.29 is 24.3 Å². The van der Waals surface area contributed by atoms with E-state index < -0.39 is 54.3 Å². The van der Waals surface area contributed by atoms with Crippen LogP contribution in [0, 0.1) is 18.3 Å². The predicted octanol–water partition coefficient (Wildman–Crippen LogP) is 1.79. The van der Waals surface area contributed by atoms with E-state index in [4.69, 9.17) is 6.42 Å². The summed E-state index contributed by atoms with van der Waals surface area (Å²) in [4.78, 5) is 56.3. The first kappa shape index (κ1) is 33.5. The second kappa shape index (κ2) is 17.2. The lowest BCUT2D eigenvalue weighted by Crippen LogP contribution is -2.56. The second-order valence-electron chi connectivity index (χ2n) is 10.7. The van der Waals surface area contributed by atoms with E-state index in [1.165, 1.54) is 6.20 Å². The maximum Gasteiger partial charge on any atom is 0.270 e. The van der Waals surface area contributed by atoms with Gasteiger partial charge >= 0.3 is 0 Å². The summed E-state index contributed by atoms with van der Waals surface area (Å²) in [6.07, 6.45) is 5.50. The quantitative estimate of drug-likeness (QED) is 0.169. The third kappa shape index (κ3) is 10.7. The van der Waals surface area contributed by atoms with Gasteiger partial charge in [0.1, 0.15) is 17.8 Å². The van der Waals surface area contributed by atoms with Crippen LogP contribution in [0.2, 0.25) is 0 Å². The molecule has 0 spiro atoms. The fourth-order valence-corrected chi connectivity index (χ4v) is 4.58. The fraction of sp³-hybridized carbons (Fsp3) is 0.324. The zero-order chi connectivity index (χ0) is 31.9. The van der Waals surface area contributed by atoms with Gasteiger partial charge in [0, 0.05) is 12.6 Å². The van der Waals surface area contributed by atoms with Gasteiger partial charge in [0.2, 0.25) is 17.7 Å². The molecule has 4 amide bonds. The maximum absolute atomic E-state index is 13.5. The number of pyridine rings is 1. The number of rotatable bonds is 15. The van der Waals surface area contributed by atoms with E-state index in [9.17, 15) is 24.3 Å². The molecule has 0 bridgehead atoms. The molecule has 230 valence electrons. The Balaban J connectivity index is 1.74. The van der Waals surface area contributed by atoms with Gasteiger partial charge in [-0.2, -0.15) is 0 Å². The summed E-state index contributed by atoms with van der Waals surface area (Å²) in [6.45, 7) is 3.58. The number of nitrogens with zero attached hydrogens (tertiary/aromatic N) is 1. The highest BCUT2D eigenvalue weighted by Crippen LogP contribution is 2.12. The van der Waals surface area contributed by atoms with E-state index in [0.29, 0.717) is 0 Å². The zero-order valence-electron chi connectivity index (χ0n) is 24.9. The van der Waals surface area contributed by atoms with Crippen molar-refractivity contribution in [2.45, 2.75) is 57.3 Å². The number of hydrogen-bond donors (Lipinski definition) is 5. The molecule has 44 heavy (non-hydrogen) atoms. The monoisotopic (exact) mass is 597 g/mol. The van der Waals surface area contributed by atoms with E-state index in [-0.39, 0.29) is 31.0 Å². The van der Waals surface area contributed by atoms with Gasteiger partial charge in [0.15, 0.2) is 0 Å². The minimum atomic E-state index is -1.32. The summed E-state index contributed by atoms with van der Waals surface area (Å²) in [5, 5.41) is 22.1. The van der Waals surface area contributed by atoms with Crippen LogP contribution in [-0.2, 0) is 27.2 Å². The van der Waals surface area contributed by atoms with Crippen LogP contribution in [0.4, 0.5) is 0 Å². The van der Waals surface area contributed by atoms with Crippen LogP contribution in [0.5, 0.6) is 0 Å². The molecular formula is C34H39N5O5. The highest BCUT2D eigenvalue weighted by molar-refractivity contribution is 5.96. The summed E-state index contributed by atoms with van der Waals surface area (Å²) >= 11 is 0. The Morgan fingerprint density at radius 3 is 2.00 bits per heavy atom. The summed E-state index contributed by atoms with van der Waals surface area (Å²) in [7, 11) is 0. The van der Waals surface area contributed by atoms with Crippen LogP contribution < -0.4 is 21.3 Å².